The predicted octanol–water partition coefficient (Wildman–Crippen LogP) is 1.49. The van der Waals surface area contributed by atoms with Crippen LogP contribution in [0.15, 0.2) is 0 Å². The van der Waals surface area contributed by atoms with Gasteiger partial charge in [0.1, 0.15) is 5.60 Å². The molecule has 0 saturated carbocycles. The molecule has 1 saturated heterocycles. The second kappa shape index (κ2) is 5.45. The number of hydrogen-bond donors (Lipinski definition) is 2. The topological polar surface area (TPSA) is 75.8 Å². The summed E-state index contributed by atoms with van der Waals surface area (Å²) in [6.07, 6.45) is 1.71. The molecule has 1 rings (SSSR count). The first-order valence-electron chi connectivity index (χ1n) is 6.65. The number of nitrogens with zero attached hydrogens (tertiary/aromatic N) is 1. The van der Waals surface area contributed by atoms with E-state index in [0.29, 0.717) is 19.4 Å². The summed E-state index contributed by atoms with van der Waals surface area (Å²) in [5.41, 5.74) is 4.16. The summed E-state index contributed by atoms with van der Waals surface area (Å²) in [5, 5.41) is 10.5. The molecule has 0 aliphatic carbocycles. The normalized spacial score (nSPS) is 29.2. The smallest absolute Gasteiger partial charge is 0.410 e. The van der Waals surface area contributed by atoms with Crippen LogP contribution in [-0.2, 0) is 4.74 Å². The second-order valence-electron chi connectivity index (χ2n) is 6.01. The van der Waals surface area contributed by atoms with E-state index in [1.165, 1.54) is 0 Å². The molecule has 1 aliphatic heterocycles. The molecule has 0 spiro atoms. The zero-order chi connectivity index (χ0) is 14.0. The fourth-order valence-electron chi connectivity index (χ4n) is 2.55. The number of nitrogens with two attached hydrogens (primary N) is 1. The molecule has 0 aromatic heterocycles. The number of likely N-dealkylation sites (tertiary alicyclic amines) is 1. The molecule has 106 valence electrons. The van der Waals surface area contributed by atoms with Crippen LogP contribution < -0.4 is 5.73 Å². The van der Waals surface area contributed by atoms with Gasteiger partial charge in [0.2, 0.25) is 0 Å². The lowest BCUT2D eigenvalue weighted by Crippen LogP contribution is -2.61. The minimum Gasteiger partial charge on any atom is -0.444 e. The Hall–Kier alpha value is -0.810. The zero-order valence-corrected chi connectivity index (χ0v) is 11.9. The van der Waals surface area contributed by atoms with E-state index in [1.807, 2.05) is 27.7 Å². The van der Waals surface area contributed by atoms with Gasteiger partial charge in [0.05, 0.1) is 11.6 Å². The van der Waals surface area contributed by atoms with Crippen molar-refractivity contribution in [1.29, 1.82) is 0 Å². The largest absolute Gasteiger partial charge is 0.444 e. The Bertz CT molecular complexity index is 301. The molecule has 1 aliphatic rings. The third-order valence-electron chi connectivity index (χ3n) is 3.37. The van der Waals surface area contributed by atoms with Gasteiger partial charge in [-0.2, -0.15) is 0 Å². The van der Waals surface area contributed by atoms with Crippen molar-refractivity contribution < 1.29 is 14.6 Å². The first-order valence-corrected chi connectivity index (χ1v) is 6.65. The number of hydrogen-bond acceptors (Lipinski definition) is 4. The van der Waals surface area contributed by atoms with Gasteiger partial charge in [0.15, 0.2) is 0 Å². The molecular weight excluding hydrogens is 232 g/mol. The van der Waals surface area contributed by atoms with Gasteiger partial charge in [-0.15, -0.1) is 0 Å². The molecule has 5 heteroatoms. The fraction of sp³-hybridized carbons (Fsp3) is 0.923. The van der Waals surface area contributed by atoms with Crippen molar-refractivity contribution in [2.75, 3.05) is 13.1 Å². The van der Waals surface area contributed by atoms with E-state index in [9.17, 15) is 9.90 Å². The maximum atomic E-state index is 12.1. The Morgan fingerprint density at radius 1 is 1.56 bits per heavy atom. The molecule has 1 amide bonds. The maximum absolute atomic E-state index is 12.1. The number of piperidine rings is 1. The fourth-order valence-corrected chi connectivity index (χ4v) is 2.55. The monoisotopic (exact) mass is 258 g/mol. The van der Waals surface area contributed by atoms with Crippen LogP contribution in [-0.4, -0.2) is 46.4 Å². The van der Waals surface area contributed by atoms with E-state index in [2.05, 4.69) is 0 Å². The van der Waals surface area contributed by atoms with E-state index >= 15 is 0 Å². The number of rotatable bonds is 2. The van der Waals surface area contributed by atoms with Crippen molar-refractivity contribution in [3.8, 4) is 0 Å². The molecule has 2 atom stereocenters. The summed E-state index contributed by atoms with van der Waals surface area (Å²) in [4.78, 5) is 13.8. The van der Waals surface area contributed by atoms with Gasteiger partial charge in [0, 0.05) is 13.1 Å². The summed E-state index contributed by atoms with van der Waals surface area (Å²) < 4.78 is 5.38. The Labute approximate surface area is 109 Å². The van der Waals surface area contributed by atoms with E-state index in [4.69, 9.17) is 10.5 Å². The molecule has 18 heavy (non-hydrogen) atoms. The second-order valence-corrected chi connectivity index (χ2v) is 6.01. The van der Waals surface area contributed by atoms with Crippen LogP contribution >= 0.6 is 0 Å². The first kappa shape index (κ1) is 15.2. The number of ether oxygens (including phenoxy) is 1. The van der Waals surface area contributed by atoms with Crippen molar-refractivity contribution >= 4 is 6.09 Å². The third kappa shape index (κ3) is 3.36. The quantitative estimate of drug-likeness (QED) is 0.786. The van der Waals surface area contributed by atoms with Gasteiger partial charge >= 0.3 is 6.09 Å². The van der Waals surface area contributed by atoms with Crippen LogP contribution in [0.5, 0.6) is 0 Å². The standard InChI is InChI=1S/C13H26N2O3/c1-5-10-13(17,9-14)7-6-8-15(10)11(16)18-12(2,3)4/h10,17H,5-9,14H2,1-4H3. The van der Waals surface area contributed by atoms with Crippen molar-refractivity contribution in [2.45, 2.75) is 64.2 Å². The lowest BCUT2D eigenvalue weighted by molar-refractivity contribution is -0.0792. The van der Waals surface area contributed by atoms with Gasteiger partial charge in [-0.25, -0.2) is 4.79 Å². The van der Waals surface area contributed by atoms with Gasteiger partial charge in [-0.3, -0.25) is 0 Å². The van der Waals surface area contributed by atoms with Crippen LogP contribution in [0.2, 0.25) is 0 Å². The van der Waals surface area contributed by atoms with Crippen molar-refractivity contribution in [3.63, 3.8) is 0 Å². The van der Waals surface area contributed by atoms with Crippen molar-refractivity contribution in [3.05, 3.63) is 0 Å². The highest BCUT2D eigenvalue weighted by Gasteiger charge is 2.44. The molecule has 1 heterocycles. The van der Waals surface area contributed by atoms with Crippen LogP contribution in [0, 0.1) is 0 Å². The number of aliphatic hydroxyl groups is 1. The van der Waals surface area contributed by atoms with Crippen LogP contribution in [0.3, 0.4) is 0 Å². The molecule has 5 nitrogen and oxygen atoms in total. The Morgan fingerprint density at radius 3 is 2.61 bits per heavy atom. The van der Waals surface area contributed by atoms with Crippen molar-refractivity contribution in [1.82, 2.24) is 4.90 Å². The molecule has 0 aromatic rings. The lowest BCUT2D eigenvalue weighted by atomic mass is 9.83. The SMILES string of the molecule is CCC1N(C(=O)OC(C)(C)C)CCCC1(O)CN. The summed E-state index contributed by atoms with van der Waals surface area (Å²) in [6, 6.07) is -0.258. The third-order valence-corrected chi connectivity index (χ3v) is 3.37. The minimum absolute atomic E-state index is 0.171. The summed E-state index contributed by atoms with van der Waals surface area (Å²) in [5.74, 6) is 0. The van der Waals surface area contributed by atoms with Gasteiger partial charge in [0.25, 0.3) is 0 Å². The van der Waals surface area contributed by atoms with E-state index in [0.717, 1.165) is 6.42 Å². The van der Waals surface area contributed by atoms with Gasteiger partial charge in [-0.1, -0.05) is 6.92 Å². The zero-order valence-electron chi connectivity index (χ0n) is 11.9. The van der Waals surface area contributed by atoms with E-state index in [1.54, 1.807) is 4.90 Å². The summed E-state index contributed by atoms with van der Waals surface area (Å²) in [6.45, 7) is 8.26. The molecule has 3 N–H and O–H groups in total. The van der Waals surface area contributed by atoms with Crippen LogP contribution in [0.1, 0.15) is 47.0 Å². The average molecular weight is 258 g/mol. The maximum Gasteiger partial charge on any atom is 0.410 e. The van der Waals surface area contributed by atoms with Crippen LogP contribution in [0.4, 0.5) is 4.79 Å². The number of carbonyl (C=O) groups excluding carboxylic acids is 1. The molecule has 0 aromatic carbocycles. The Morgan fingerprint density at radius 2 is 2.17 bits per heavy atom. The number of carbonyl (C=O) groups is 1. The van der Waals surface area contributed by atoms with Gasteiger partial charge < -0.3 is 20.5 Å². The summed E-state index contributed by atoms with van der Waals surface area (Å²) in [7, 11) is 0. The minimum atomic E-state index is -0.982. The predicted molar refractivity (Wildman–Crippen MR) is 70.3 cm³/mol. The molecule has 0 bridgehead atoms. The van der Waals surface area contributed by atoms with E-state index < -0.39 is 11.2 Å². The highest BCUT2D eigenvalue weighted by molar-refractivity contribution is 5.69. The van der Waals surface area contributed by atoms with Gasteiger partial charge in [-0.05, 0) is 40.0 Å². The lowest BCUT2D eigenvalue weighted by Gasteiger charge is -2.46. The Kier molecular flexibility index (Phi) is 4.61. The van der Waals surface area contributed by atoms with E-state index in [-0.39, 0.29) is 18.7 Å². The van der Waals surface area contributed by atoms with Crippen LogP contribution in [0.25, 0.3) is 0 Å². The highest BCUT2D eigenvalue weighted by atomic mass is 16.6. The summed E-state index contributed by atoms with van der Waals surface area (Å²) >= 11 is 0. The average Bonchev–Trinajstić information content (AvgIpc) is 2.26. The first-order chi connectivity index (χ1) is 8.23. The van der Waals surface area contributed by atoms with Crippen molar-refractivity contribution in [2.24, 2.45) is 5.73 Å². The highest BCUT2D eigenvalue weighted by Crippen LogP contribution is 2.30. The Balaban J connectivity index is 2.83. The molecular formula is C13H26N2O3. The molecule has 1 fully saturated rings. The molecule has 2 unspecified atom stereocenters. The number of amides is 1. The molecule has 0 radical (unpaired) electrons.